The first kappa shape index (κ1) is 15.9. The maximum Gasteiger partial charge on any atom is 0.240 e. The van der Waals surface area contributed by atoms with Crippen LogP contribution in [0, 0.1) is 5.92 Å². The van der Waals surface area contributed by atoms with Crippen LogP contribution < -0.4 is 15.4 Å². The van der Waals surface area contributed by atoms with Gasteiger partial charge in [0.05, 0.1) is 10.8 Å². The molecule has 1 fully saturated rings. The van der Waals surface area contributed by atoms with Crippen LogP contribution in [0.3, 0.4) is 0 Å². The first-order valence-corrected chi connectivity index (χ1v) is 8.58. The number of hydrogen-bond acceptors (Lipinski definition) is 4. The van der Waals surface area contributed by atoms with Crippen LogP contribution >= 0.6 is 0 Å². The van der Waals surface area contributed by atoms with Crippen LogP contribution in [0.4, 0.5) is 0 Å². The van der Waals surface area contributed by atoms with E-state index in [9.17, 15) is 13.2 Å². The largest absolute Gasteiger partial charge is 0.352 e. The lowest BCUT2D eigenvalue weighted by Crippen LogP contribution is -2.31. The Labute approximate surface area is 125 Å². The summed E-state index contributed by atoms with van der Waals surface area (Å²) in [5, 5.41) is 6.03. The summed E-state index contributed by atoms with van der Waals surface area (Å²) in [6.45, 7) is 4.12. The van der Waals surface area contributed by atoms with Crippen molar-refractivity contribution in [2.24, 2.45) is 5.92 Å². The normalized spacial score (nSPS) is 18.6. The smallest absolute Gasteiger partial charge is 0.240 e. The van der Waals surface area contributed by atoms with Crippen LogP contribution in [-0.4, -0.2) is 34.0 Å². The molecule has 0 aliphatic carbocycles. The van der Waals surface area contributed by atoms with Gasteiger partial charge in [-0.1, -0.05) is 19.1 Å². The van der Waals surface area contributed by atoms with Gasteiger partial charge in [0.15, 0.2) is 0 Å². The fourth-order valence-corrected chi connectivity index (χ4v) is 3.31. The zero-order valence-electron chi connectivity index (χ0n) is 12.1. The molecule has 1 saturated heterocycles. The van der Waals surface area contributed by atoms with Gasteiger partial charge in [-0.25, -0.2) is 13.1 Å². The van der Waals surface area contributed by atoms with Gasteiger partial charge in [0.25, 0.3) is 0 Å². The van der Waals surface area contributed by atoms with E-state index < -0.39 is 10.0 Å². The quantitative estimate of drug-likeness (QED) is 0.701. The van der Waals surface area contributed by atoms with Crippen LogP contribution in [-0.2, 0) is 21.4 Å². The fraction of sp³-hybridized carbons (Fsp3) is 0.500. The van der Waals surface area contributed by atoms with Crippen molar-refractivity contribution in [1.82, 2.24) is 15.4 Å². The van der Waals surface area contributed by atoms with E-state index >= 15 is 0 Å². The molecule has 0 aromatic heterocycles. The number of carbonyl (C=O) groups is 1. The number of amides is 1. The van der Waals surface area contributed by atoms with Crippen molar-refractivity contribution in [2.75, 3.05) is 19.6 Å². The Kier molecular flexibility index (Phi) is 5.33. The van der Waals surface area contributed by atoms with Crippen molar-refractivity contribution in [3.8, 4) is 0 Å². The highest BCUT2D eigenvalue weighted by molar-refractivity contribution is 7.89. The number of sulfonamides is 1. The van der Waals surface area contributed by atoms with Crippen LogP contribution in [0.1, 0.15) is 18.9 Å². The Hall–Kier alpha value is -1.44. The second kappa shape index (κ2) is 7.02. The maximum atomic E-state index is 11.9. The highest BCUT2D eigenvalue weighted by Gasteiger charge is 2.21. The Morgan fingerprint density at radius 3 is 2.62 bits per heavy atom. The van der Waals surface area contributed by atoms with Gasteiger partial charge in [-0.15, -0.1) is 0 Å². The molecule has 2 rings (SSSR count). The third kappa shape index (κ3) is 4.26. The molecular formula is C14H21N3O3S. The molecule has 1 atom stereocenters. The molecule has 3 N–H and O–H groups in total. The van der Waals surface area contributed by atoms with Crippen LogP contribution in [0.5, 0.6) is 0 Å². The molecule has 1 amide bonds. The van der Waals surface area contributed by atoms with Gasteiger partial charge < -0.3 is 10.6 Å². The lowest BCUT2D eigenvalue weighted by atomic mass is 10.1. The molecule has 21 heavy (non-hydrogen) atoms. The van der Waals surface area contributed by atoms with Crippen molar-refractivity contribution in [1.29, 1.82) is 0 Å². The predicted molar refractivity (Wildman–Crippen MR) is 80.1 cm³/mol. The van der Waals surface area contributed by atoms with Gasteiger partial charge >= 0.3 is 0 Å². The van der Waals surface area contributed by atoms with Gasteiger partial charge in [-0.3, -0.25) is 4.79 Å². The molecule has 0 saturated carbocycles. The van der Waals surface area contributed by atoms with Crippen LogP contribution in [0.2, 0.25) is 0 Å². The Bertz CT molecular complexity index is 578. The van der Waals surface area contributed by atoms with Crippen molar-refractivity contribution in [2.45, 2.75) is 24.8 Å². The second-order valence-electron chi connectivity index (χ2n) is 5.05. The molecule has 0 spiro atoms. The summed E-state index contributed by atoms with van der Waals surface area (Å²) in [6, 6.07) is 6.54. The number of hydrogen-bond donors (Lipinski definition) is 3. The van der Waals surface area contributed by atoms with E-state index in [-0.39, 0.29) is 16.7 Å². The summed E-state index contributed by atoms with van der Waals surface area (Å²) < 4.78 is 26.0. The van der Waals surface area contributed by atoms with Crippen LogP contribution in [0.15, 0.2) is 29.2 Å². The third-order valence-electron chi connectivity index (χ3n) is 3.47. The maximum absolute atomic E-state index is 11.9. The standard InChI is InChI=1S/C14H21N3O3S/c1-2-17-21(19,20)13-5-3-11(4-6-13)9-16-14(18)12-7-8-15-10-12/h3-6,12,15,17H,2,7-10H2,1H3,(H,16,18). The Morgan fingerprint density at radius 2 is 2.05 bits per heavy atom. The summed E-state index contributed by atoms with van der Waals surface area (Å²) in [4.78, 5) is 12.1. The Morgan fingerprint density at radius 1 is 1.33 bits per heavy atom. The first-order chi connectivity index (χ1) is 10.0. The van der Waals surface area contributed by atoms with E-state index in [0.717, 1.165) is 25.1 Å². The van der Waals surface area contributed by atoms with Crippen molar-refractivity contribution in [3.05, 3.63) is 29.8 Å². The molecule has 1 aliphatic heterocycles. The van der Waals surface area contributed by atoms with Crippen molar-refractivity contribution in [3.63, 3.8) is 0 Å². The van der Waals surface area contributed by atoms with E-state index in [1.807, 2.05) is 0 Å². The van der Waals surface area contributed by atoms with E-state index in [1.165, 1.54) is 0 Å². The highest BCUT2D eigenvalue weighted by Crippen LogP contribution is 2.11. The lowest BCUT2D eigenvalue weighted by Gasteiger charge is -2.10. The van der Waals surface area contributed by atoms with E-state index in [2.05, 4.69) is 15.4 Å². The molecule has 0 bridgehead atoms. The second-order valence-corrected chi connectivity index (χ2v) is 6.82. The monoisotopic (exact) mass is 311 g/mol. The number of benzene rings is 1. The number of carbonyl (C=O) groups excluding carboxylic acids is 1. The average molecular weight is 311 g/mol. The van der Waals surface area contributed by atoms with E-state index in [1.54, 1.807) is 31.2 Å². The molecule has 1 aromatic rings. The van der Waals surface area contributed by atoms with Gasteiger partial charge in [0, 0.05) is 19.6 Å². The molecule has 1 heterocycles. The van der Waals surface area contributed by atoms with Gasteiger partial charge in [0.1, 0.15) is 0 Å². The summed E-state index contributed by atoms with van der Waals surface area (Å²) in [6.07, 6.45) is 0.867. The highest BCUT2D eigenvalue weighted by atomic mass is 32.2. The zero-order valence-corrected chi connectivity index (χ0v) is 12.9. The van der Waals surface area contributed by atoms with Gasteiger partial charge in [-0.2, -0.15) is 0 Å². The molecule has 1 aliphatic rings. The summed E-state index contributed by atoms with van der Waals surface area (Å²) in [7, 11) is -3.42. The van der Waals surface area contributed by atoms with Crippen molar-refractivity contribution >= 4 is 15.9 Å². The van der Waals surface area contributed by atoms with Gasteiger partial charge in [-0.05, 0) is 30.7 Å². The molecule has 0 radical (unpaired) electrons. The van der Waals surface area contributed by atoms with E-state index in [0.29, 0.717) is 13.1 Å². The first-order valence-electron chi connectivity index (χ1n) is 7.10. The molecule has 6 nitrogen and oxygen atoms in total. The zero-order chi connectivity index (χ0) is 15.3. The molecule has 1 unspecified atom stereocenters. The molecule has 1 aromatic carbocycles. The molecule has 116 valence electrons. The topological polar surface area (TPSA) is 87.3 Å². The lowest BCUT2D eigenvalue weighted by molar-refractivity contribution is -0.124. The fourth-order valence-electron chi connectivity index (χ4n) is 2.27. The summed E-state index contributed by atoms with van der Waals surface area (Å²) >= 11 is 0. The predicted octanol–water partition coefficient (Wildman–Crippen LogP) is 0.211. The third-order valence-corrected chi connectivity index (χ3v) is 5.03. The molecular weight excluding hydrogens is 290 g/mol. The average Bonchev–Trinajstić information content (AvgIpc) is 2.99. The summed E-state index contributed by atoms with van der Waals surface area (Å²) in [5.74, 6) is 0.0859. The minimum atomic E-state index is -3.42. The number of nitrogens with one attached hydrogen (secondary N) is 3. The van der Waals surface area contributed by atoms with Gasteiger partial charge in [0.2, 0.25) is 15.9 Å². The van der Waals surface area contributed by atoms with Crippen LogP contribution in [0.25, 0.3) is 0 Å². The number of rotatable bonds is 6. The minimum absolute atomic E-state index is 0.0402. The van der Waals surface area contributed by atoms with Crippen molar-refractivity contribution < 1.29 is 13.2 Å². The summed E-state index contributed by atoms with van der Waals surface area (Å²) in [5.41, 5.74) is 0.879. The van der Waals surface area contributed by atoms with E-state index in [4.69, 9.17) is 0 Å². The Balaban J connectivity index is 1.92. The minimum Gasteiger partial charge on any atom is -0.352 e. The molecule has 7 heteroatoms. The SMILES string of the molecule is CCNS(=O)(=O)c1ccc(CNC(=O)C2CCNC2)cc1.